The monoisotopic (exact) mass is 395 g/mol. The van der Waals surface area contributed by atoms with E-state index in [1.165, 1.54) is 18.0 Å². The highest BCUT2D eigenvalue weighted by Gasteiger charge is 2.27. The van der Waals surface area contributed by atoms with E-state index >= 15 is 0 Å². The van der Waals surface area contributed by atoms with Crippen molar-refractivity contribution in [3.8, 4) is 17.7 Å². The van der Waals surface area contributed by atoms with E-state index in [-0.39, 0.29) is 17.5 Å². The quantitative estimate of drug-likeness (QED) is 0.608. The summed E-state index contributed by atoms with van der Waals surface area (Å²) in [4.78, 5) is 24.6. The fraction of sp³-hybridized carbons (Fsp3) is 0.263. The molecule has 0 radical (unpaired) electrons. The van der Waals surface area contributed by atoms with Crippen molar-refractivity contribution in [1.82, 2.24) is 14.9 Å². The van der Waals surface area contributed by atoms with Crippen molar-refractivity contribution in [3.05, 3.63) is 48.5 Å². The molecule has 0 aliphatic carbocycles. The predicted molar refractivity (Wildman–Crippen MR) is 103 cm³/mol. The summed E-state index contributed by atoms with van der Waals surface area (Å²) in [5, 5.41) is 10.2. The van der Waals surface area contributed by atoms with Gasteiger partial charge in [0.2, 0.25) is 17.5 Å². The van der Waals surface area contributed by atoms with Crippen LogP contribution in [-0.4, -0.2) is 52.7 Å². The van der Waals surface area contributed by atoms with Gasteiger partial charge < -0.3 is 18.6 Å². The Morgan fingerprint density at radius 1 is 1.21 bits per heavy atom. The molecule has 1 saturated heterocycles. The molecule has 4 rings (SSSR count). The number of rotatable bonds is 5. The van der Waals surface area contributed by atoms with Crippen molar-refractivity contribution in [2.24, 2.45) is 0 Å². The van der Waals surface area contributed by atoms with Crippen LogP contribution < -0.4 is 4.90 Å². The number of furan rings is 1. The number of nitriles is 1. The standard InChI is InChI=1S/C19H17N5O3S/c20-12-14-19(27-18(22-14)15-4-3-11-26-15)24-9-7-23(8-10-24)17(25)13-28-16-5-1-2-6-21-16/h1-6,11H,7-10,13H2. The molecule has 4 heterocycles. The van der Waals surface area contributed by atoms with Gasteiger partial charge in [0.05, 0.1) is 17.0 Å². The van der Waals surface area contributed by atoms with Crippen LogP contribution in [0.3, 0.4) is 0 Å². The van der Waals surface area contributed by atoms with Crippen LogP contribution in [-0.2, 0) is 4.79 Å². The Kier molecular flexibility index (Phi) is 5.30. The summed E-state index contributed by atoms with van der Waals surface area (Å²) in [5.41, 5.74) is 0.219. The molecule has 0 bridgehead atoms. The van der Waals surface area contributed by atoms with Crippen LogP contribution in [0.25, 0.3) is 11.7 Å². The molecule has 142 valence electrons. The van der Waals surface area contributed by atoms with E-state index in [0.717, 1.165) is 5.03 Å². The molecule has 28 heavy (non-hydrogen) atoms. The average molecular weight is 395 g/mol. The van der Waals surface area contributed by atoms with Gasteiger partial charge in [0, 0.05) is 32.4 Å². The maximum Gasteiger partial charge on any atom is 0.266 e. The average Bonchev–Trinajstić information content (AvgIpc) is 3.42. The van der Waals surface area contributed by atoms with Gasteiger partial charge in [-0.05, 0) is 24.3 Å². The lowest BCUT2D eigenvalue weighted by atomic mass is 10.3. The van der Waals surface area contributed by atoms with Gasteiger partial charge in [0.25, 0.3) is 5.89 Å². The van der Waals surface area contributed by atoms with Crippen LogP contribution in [0.5, 0.6) is 0 Å². The Hall–Kier alpha value is -3.25. The van der Waals surface area contributed by atoms with E-state index in [1.807, 2.05) is 28.0 Å². The van der Waals surface area contributed by atoms with Crippen LogP contribution in [0.4, 0.5) is 5.88 Å². The molecule has 0 atom stereocenters. The number of carbonyl (C=O) groups excluding carboxylic acids is 1. The number of anilines is 1. The number of thioether (sulfide) groups is 1. The molecule has 1 fully saturated rings. The molecule has 3 aromatic rings. The number of amides is 1. The first kappa shape index (κ1) is 18.1. The lowest BCUT2D eigenvalue weighted by molar-refractivity contribution is -0.128. The zero-order valence-electron chi connectivity index (χ0n) is 14.9. The number of aromatic nitrogens is 2. The number of piperazine rings is 1. The van der Waals surface area contributed by atoms with Crippen LogP contribution in [0.1, 0.15) is 5.69 Å². The van der Waals surface area contributed by atoms with E-state index in [0.29, 0.717) is 43.6 Å². The summed E-state index contributed by atoms with van der Waals surface area (Å²) in [7, 11) is 0. The largest absolute Gasteiger partial charge is 0.459 e. The van der Waals surface area contributed by atoms with Gasteiger partial charge >= 0.3 is 0 Å². The lowest BCUT2D eigenvalue weighted by Crippen LogP contribution is -2.49. The lowest BCUT2D eigenvalue weighted by Gasteiger charge is -2.34. The van der Waals surface area contributed by atoms with Crippen molar-refractivity contribution >= 4 is 23.6 Å². The minimum Gasteiger partial charge on any atom is -0.459 e. The van der Waals surface area contributed by atoms with Crippen LogP contribution in [0.15, 0.2) is 56.7 Å². The molecular formula is C19H17N5O3S. The van der Waals surface area contributed by atoms with E-state index in [1.54, 1.807) is 18.3 Å². The molecule has 1 aliphatic rings. The molecule has 9 heteroatoms. The molecule has 3 aromatic heterocycles. The number of nitrogens with zero attached hydrogens (tertiary/aromatic N) is 5. The second kappa shape index (κ2) is 8.19. The van der Waals surface area contributed by atoms with Crippen molar-refractivity contribution < 1.29 is 13.6 Å². The first-order valence-corrected chi connectivity index (χ1v) is 9.74. The Morgan fingerprint density at radius 2 is 2.07 bits per heavy atom. The Bertz CT molecular complexity index is 973. The first-order chi connectivity index (χ1) is 13.7. The molecule has 1 amide bonds. The summed E-state index contributed by atoms with van der Waals surface area (Å²) in [6.45, 7) is 2.26. The molecule has 0 unspecified atom stereocenters. The molecular weight excluding hydrogens is 378 g/mol. The highest BCUT2D eigenvalue weighted by atomic mass is 32.2. The fourth-order valence-corrected chi connectivity index (χ4v) is 3.69. The zero-order valence-corrected chi connectivity index (χ0v) is 15.8. The van der Waals surface area contributed by atoms with Crippen LogP contribution in [0, 0.1) is 11.3 Å². The molecule has 0 N–H and O–H groups in total. The van der Waals surface area contributed by atoms with E-state index in [4.69, 9.17) is 8.83 Å². The molecule has 0 aromatic carbocycles. The van der Waals surface area contributed by atoms with Crippen LogP contribution in [0.2, 0.25) is 0 Å². The van der Waals surface area contributed by atoms with Gasteiger partial charge in [-0.25, -0.2) is 4.98 Å². The SMILES string of the molecule is N#Cc1nc(-c2ccco2)oc1N1CCN(C(=O)CSc2ccccn2)CC1. The van der Waals surface area contributed by atoms with Crippen LogP contribution >= 0.6 is 11.8 Å². The minimum atomic E-state index is 0.0738. The summed E-state index contributed by atoms with van der Waals surface area (Å²) >= 11 is 1.43. The Balaban J connectivity index is 1.36. The number of hydrogen-bond donors (Lipinski definition) is 0. The highest BCUT2D eigenvalue weighted by molar-refractivity contribution is 7.99. The smallest absolute Gasteiger partial charge is 0.266 e. The number of pyridine rings is 1. The number of carbonyl (C=O) groups is 1. The third-order valence-electron chi connectivity index (χ3n) is 4.35. The molecule has 0 spiro atoms. The second-order valence-corrected chi connectivity index (χ2v) is 7.08. The normalized spacial score (nSPS) is 14.1. The Labute approximate surface area is 165 Å². The van der Waals surface area contributed by atoms with Crippen molar-refractivity contribution in [1.29, 1.82) is 5.26 Å². The van der Waals surface area contributed by atoms with Gasteiger partial charge in [0.15, 0.2) is 5.76 Å². The van der Waals surface area contributed by atoms with Gasteiger partial charge in [-0.1, -0.05) is 17.8 Å². The van der Waals surface area contributed by atoms with Gasteiger partial charge in [-0.2, -0.15) is 10.2 Å². The number of hydrogen-bond acceptors (Lipinski definition) is 8. The van der Waals surface area contributed by atoms with Crippen molar-refractivity contribution in [2.75, 3.05) is 36.8 Å². The maximum absolute atomic E-state index is 12.5. The maximum atomic E-state index is 12.5. The zero-order chi connectivity index (χ0) is 19.3. The third kappa shape index (κ3) is 3.87. The van der Waals surface area contributed by atoms with Crippen molar-refractivity contribution in [2.45, 2.75) is 5.03 Å². The number of oxazole rings is 1. The summed E-state index contributed by atoms with van der Waals surface area (Å²) in [6.07, 6.45) is 3.24. The fourth-order valence-electron chi connectivity index (χ4n) is 2.92. The predicted octanol–water partition coefficient (Wildman–Crippen LogP) is 2.64. The molecule has 8 nitrogen and oxygen atoms in total. The van der Waals surface area contributed by atoms with E-state index in [9.17, 15) is 10.1 Å². The van der Waals surface area contributed by atoms with Gasteiger partial charge in [-0.15, -0.1) is 0 Å². The molecule has 0 saturated carbocycles. The first-order valence-electron chi connectivity index (χ1n) is 8.76. The molecule has 1 aliphatic heterocycles. The van der Waals surface area contributed by atoms with Gasteiger partial charge in [-0.3, -0.25) is 4.79 Å². The summed E-state index contributed by atoms with van der Waals surface area (Å²) in [5.74, 6) is 1.60. The van der Waals surface area contributed by atoms with E-state index in [2.05, 4.69) is 16.0 Å². The topological polar surface area (TPSA) is 99.4 Å². The minimum absolute atomic E-state index is 0.0738. The summed E-state index contributed by atoms with van der Waals surface area (Å²) in [6, 6.07) is 11.2. The Morgan fingerprint density at radius 3 is 2.75 bits per heavy atom. The van der Waals surface area contributed by atoms with E-state index < -0.39 is 0 Å². The van der Waals surface area contributed by atoms with Crippen molar-refractivity contribution in [3.63, 3.8) is 0 Å². The third-order valence-corrected chi connectivity index (χ3v) is 5.28. The highest BCUT2D eigenvalue weighted by Crippen LogP contribution is 2.29. The summed E-state index contributed by atoms with van der Waals surface area (Å²) < 4.78 is 11.1. The van der Waals surface area contributed by atoms with Gasteiger partial charge in [0.1, 0.15) is 6.07 Å². The second-order valence-electron chi connectivity index (χ2n) is 6.09.